The summed E-state index contributed by atoms with van der Waals surface area (Å²) in [6.07, 6.45) is 4.81. The van der Waals surface area contributed by atoms with E-state index >= 15 is 0 Å². The van der Waals surface area contributed by atoms with Gasteiger partial charge in [0.2, 0.25) is 0 Å². The van der Waals surface area contributed by atoms with Gasteiger partial charge in [0.05, 0.1) is 17.3 Å². The van der Waals surface area contributed by atoms with Gasteiger partial charge in [0.25, 0.3) is 5.95 Å². The van der Waals surface area contributed by atoms with Crippen LogP contribution in [0.25, 0.3) is 28.0 Å². The van der Waals surface area contributed by atoms with E-state index in [9.17, 15) is 9.50 Å². The molecule has 5 rings (SSSR count). The summed E-state index contributed by atoms with van der Waals surface area (Å²) in [7, 11) is 0. The Morgan fingerprint density at radius 1 is 1.21 bits per heavy atom. The Bertz CT molecular complexity index is 1160. The lowest BCUT2D eigenvalue weighted by Crippen LogP contribution is -2.03. The number of fused-ring (bicyclic) bond motifs is 1. The number of hydrogen-bond acceptors (Lipinski definition) is 4. The van der Waals surface area contributed by atoms with Crippen molar-refractivity contribution in [1.82, 2.24) is 19.7 Å². The summed E-state index contributed by atoms with van der Waals surface area (Å²) >= 11 is 0. The molecule has 0 saturated heterocycles. The first kappa shape index (κ1) is 17.0. The summed E-state index contributed by atoms with van der Waals surface area (Å²) in [6.45, 7) is 1.65. The zero-order valence-corrected chi connectivity index (χ0v) is 15.3. The van der Waals surface area contributed by atoms with Gasteiger partial charge >= 0.3 is 0 Å². The molecule has 1 atom stereocenters. The lowest BCUT2D eigenvalue weighted by molar-refractivity contribution is 0.199. The molecule has 1 unspecified atom stereocenters. The van der Waals surface area contributed by atoms with Crippen LogP contribution in [0.2, 0.25) is 0 Å². The van der Waals surface area contributed by atoms with Gasteiger partial charge in [0.1, 0.15) is 5.82 Å². The van der Waals surface area contributed by atoms with E-state index < -0.39 is 6.10 Å². The van der Waals surface area contributed by atoms with E-state index in [1.54, 1.807) is 36.1 Å². The first-order valence-electron chi connectivity index (χ1n) is 9.31. The number of aliphatic hydroxyl groups excluding tert-OH is 1. The van der Waals surface area contributed by atoms with Crippen molar-refractivity contribution in [1.29, 1.82) is 0 Å². The molecule has 0 spiro atoms. The van der Waals surface area contributed by atoms with Crippen molar-refractivity contribution in [2.75, 3.05) is 0 Å². The number of aliphatic hydroxyl groups is 1. The molecule has 2 aromatic carbocycles. The first-order valence-corrected chi connectivity index (χ1v) is 9.31. The van der Waals surface area contributed by atoms with Crippen LogP contribution < -0.4 is 0 Å². The van der Waals surface area contributed by atoms with Crippen LogP contribution in [0.4, 0.5) is 4.39 Å². The maximum absolute atomic E-state index is 14.3. The molecule has 5 nitrogen and oxygen atoms in total. The van der Waals surface area contributed by atoms with Crippen LogP contribution in [0, 0.1) is 11.9 Å². The molecule has 1 aliphatic rings. The van der Waals surface area contributed by atoms with Crippen molar-refractivity contribution in [3.8, 4) is 17.1 Å². The second-order valence-corrected chi connectivity index (χ2v) is 7.20. The highest BCUT2D eigenvalue weighted by molar-refractivity contribution is 5.83. The second kappa shape index (κ2) is 6.49. The van der Waals surface area contributed by atoms with Gasteiger partial charge < -0.3 is 5.11 Å². The van der Waals surface area contributed by atoms with E-state index in [1.807, 2.05) is 18.2 Å². The standard InChI is InChI=1S/C22H18FN4O/c1-13(28)15-8-9-19(23)18(10-15)16-11-24-22(25-12-16)27-20-5-3-2-4-17(20)21(26-27)14-6-7-14/h2,4-5,8-14,28H,6-7H2,1H3. The summed E-state index contributed by atoms with van der Waals surface area (Å²) in [4.78, 5) is 8.86. The average molecular weight is 373 g/mol. The van der Waals surface area contributed by atoms with Crippen LogP contribution in [0.5, 0.6) is 0 Å². The van der Waals surface area contributed by atoms with E-state index in [0.29, 0.717) is 28.6 Å². The predicted octanol–water partition coefficient (Wildman–Crippen LogP) is 4.35. The number of nitrogens with zero attached hydrogens (tertiary/aromatic N) is 4. The smallest absolute Gasteiger partial charge is 0.251 e. The lowest BCUT2D eigenvalue weighted by atomic mass is 10.0. The summed E-state index contributed by atoms with van der Waals surface area (Å²) in [5.41, 5.74) is 3.55. The van der Waals surface area contributed by atoms with Gasteiger partial charge in [-0.25, -0.2) is 14.4 Å². The summed E-state index contributed by atoms with van der Waals surface area (Å²) in [5.74, 6) is 0.561. The zero-order valence-electron chi connectivity index (χ0n) is 15.3. The molecule has 28 heavy (non-hydrogen) atoms. The zero-order chi connectivity index (χ0) is 19.3. The number of benzene rings is 2. The number of rotatable bonds is 4. The minimum absolute atomic E-state index is 0.363. The maximum atomic E-state index is 14.3. The van der Waals surface area contributed by atoms with E-state index in [0.717, 1.165) is 29.4 Å². The molecular formula is C22H18FN4O. The molecule has 0 aliphatic heterocycles. The third-order valence-corrected chi connectivity index (χ3v) is 5.13. The van der Waals surface area contributed by atoms with Crippen molar-refractivity contribution < 1.29 is 9.50 Å². The van der Waals surface area contributed by atoms with Gasteiger partial charge in [0, 0.05) is 34.8 Å². The Labute approximate surface area is 161 Å². The molecular weight excluding hydrogens is 355 g/mol. The fraction of sp³-hybridized carbons (Fsp3) is 0.227. The Balaban J connectivity index is 1.57. The summed E-state index contributed by atoms with van der Waals surface area (Å²) in [5, 5.41) is 15.6. The minimum Gasteiger partial charge on any atom is -0.389 e. The van der Waals surface area contributed by atoms with Crippen molar-refractivity contribution in [2.45, 2.75) is 31.8 Å². The monoisotopic (exact) mass is 373 g/mol. The van der Waals surface area contributed by atoms with E-state index in [-0.39, 0.29) is 5.82 Å². The van der Waals surface area contributed by atoms with Gasteiger partial charge in [-0.2, -0.15) is 9.78 Å². The number of halogens is 1. The fourth-order valence-electron chi connectivity index (χ4n) is 3.43. The number of hydrogen-bond donors (Lipinski definition) is 1. The van der Waals surface area contributed by atoms with Gasteiger partial charge in [-0.1, -0.05) is 18.2 Å². The quantitative estimate of drug-likeness (QED) is 0.578. The van der Waals surface area contributed by atoms with Gasteiger partial charge in [-0.15, -0.1) is 0 Å². The van der Waals surface area contributed by atoms with Crippen LogP contribution >= 0.6 is 0 Å². The minimum atomic E-state index is -0.674. The molecule has 2 heterocycles. The van der Waals surface area contributed by atoms with E-state index in [4.69, 9.17) is 5.10 Å². The Hall–Kier alpha value is -3.12. The predicted molar refractivity (Wildman–Crippen MR) is 103 cm³/mol. The highest BCUT2D eigenvalue weighted by Gasteiger charge is 2.29. The van der Waals surface area contributed by atoms with Crippen LogP contribution in [0.1, 0.15) is 43.0 Å². The summed E-state index contributed by atoms with van der Waals surface area (Å²) in [6, 6.07) is 13.4. The van der Waals surface area contributed by atoms with Gasteiger partial charge in [-0.05, 0) is 49.6 Å². The fourth-order valence-corrected chi connectivity index (χ4v) is 3.43. The topological polar surface area (TPSA) is 63.8 Å². The Kier molecular flexibility index (Phi) is 3.94. The Morgan fingerprint density at radius 3 is 2.71 bits per heavy atom. The molecule has 2 aromatic heterocycles. The second-order valence-electron chi connectivity index (χ2n) is 7.20. The molecule has 139 valence electrons. The average Bonchev–Trinajstić information content (AvgIpc) is 3.49. The SMILES string of the molecule is CC(O)c1ccc(F)c(-c2cnc(-n3nc(C4CC4)c4cc[c]cc43)nc2)c1. The highest BCUT2D eigenvalue weighted by atomic mass is 19.1. The van der Waals surface area contributed by atoms with Crippen molar-refractivity contribution in [2.24, 2.45) is 0 Å². The molecule has 6 heteroatoms. The van der Waals surface area contributed by atoms with Crippen LogP contribution in [-0.2, 0) is 0 Å². The van der Waals surface area contributed by atoms with Crippen LogP contribution in [-0.4, -0.2) is 24.9 Å². The molecule has 1 fully saturated rings. The molecule has 1 aliphatic carbocycles. The Morgan fingerprint density at radius 2 is 2.00 bits per heavy atom. The normalized spacial score (nSPS) is 15.1. The molecule has 0 amide bonds. The van der Waals surface area contributed by atoms with Crippen molar-refractivity contribution in [3.05, 3.63) is 71.9 Å². The highest BCUT2D eigenvalue weighted by Crippen LogP contribution is 2.42. The molecule has 1 radical (unpaired) electrons. The third-order valence-electron chi connectivity index (χ3n) is 5.13. The van der Waals surface area contributed by atoms with Crippen molar-refractivity contribution in [3.63, 3.8) is 0 Å². The largest absolute Gasteiger partial charge is 0.389 e. The summed E-state index contributed by atoms with van der Waals surface area (Å²) < 4.78 is 16.0. The van der Waals surface area contributed by atoms with Crippen LogP contribution in [0.3, 0.4) is 0 Å². The molecule has 4 aromatic rings. The van der Waals surface area contributed by atoms with E-state index in [1.165, 1.54) is 6.07 Å². The van der Waals surface area contributed by atoms with Crippen molar-refractivity contribution >= 4 is 10.9 Å². The van der Waals surface area contributed by atoms with Crippen LogP contribution in [0.15, 0.2) is 48.8 Å². The number of aromatic nitrogens is 4. The molecule has 1 N–H and O–H groups in total. The third kappa shape index (κ3) is 2.86. The maximum Gasteiger partial charge on any atom is 0.251 e. The van der Waals surface area contributed by atoms with Gasteiger partial charge in [-0.3, -0.25) is 0 Å². The molecule has 0 bridgehead atoms. The van der Waals surface area contributed by atoms with Gasteiger partial charge in [0.15, 0.2) is 0 Å². The lowest BCUT2D eigenvalue weighted by Gasteiger charge is -2.09. The first-order chi connectivity index (χ1) is 13.6. The van der Waals surface area contributed by atoms with E-state index in [2.05, 4.69) is 16.0 Å². The molecule has 1 saturated carbocycles.